The molecule has 1 aromatic carbocycles. The summed E-state index contributed by atoms with van der Waals surface area (Å²) in [5.41, 5.74) is 1.60. The van der Waals surface area contributed by atoms with Crippen molar-refractivity contribution < 1.29 is 14.3 Å². The minimum atomic E-state index is -0.115. The molecule has 0 aromatic heterocycles. The van der Waals surface area contributed by atoms with Crippen LogP contribution in [0.2, 0.25) is 0 Å². The van der Waals surface area contributed by atoms with Crippen molar-refractivity contribution >= 4 is 21.8 Å². The summed E-state index contributed by atoms with van der Waals surface area (Å²) < 4.78 is 10.4. The number of hydrogen-bond donors (Lipinski definition) is 1. The van der Waals surface area contributed by atoms with Crippen LogP contribution in [-0.4, -0.2) is 38.1 Å². The highest BCUT2D eigenvalue weighted by Crippen LogP contribution is 2.18. The number of nitrogens with one attached hydrogen (secondary N) is 1. The van der Waals surface area contributed by atoms with Gasteiger partial charge in [0, 0.05) is 17.4 Å². The number of rotatable bonds is 7. The van der Waals surface area contributed by atoms with Crippen LogP contribution in [0.5, 0.6) is 5.75 Å². The lowest BCUT2D eigenvalue weighted by atomic mass is 10.1. The van der Waals surface area contributed by atoms with Gasteiger partial charge in [0.15, 0.2) is 0 Å². The summed E-state index contributed by atoms with van der Waals surface area (Å²) in [5, 5.41) is 3.60. The van der Waals surface area contributed by atoms with Gasteiger partial charge in [0.1, 0.15) is 5.75 Å². The van der Waals surface area contributed by atoms with Gasteiger partial charge in [0.25, 0.3) is 5.91 Å². The number of methoxy groups -OCH3 is 1. The second-order valence-electron chi connectivity index (χ2n) is 3.74. The number of ether oxygens (including phenoxy) is 2. The number of halogens is 1. The summed E-state index contributed by atoms with van der Waals surface area (Å²) in [6.45, 7) is 3.60. The van der Waals surface area contributed by atoms with E-state index in [0.717, 1.165) is 16.6 Å². The van der Waals surface area contributed by atoms with Gasteiger partial charge >= 0.3 is 0 Å². The number of carbonyl (C=O) groups is 1. The van der Waals surface area contributed by atoms with Gasteiger partial charge in [-0.2, -0.15) is 0 Å². The van der Waals surface area contributed by atoms with E-state index in [1.165, 1.54) is 0 Å². The van der Waals surface area contributed by atoms with Gasteiger partial charge in [0.05, 0.1) is 20.3 Å². The minimum absolute atomic E-state index is 0.115. The van der Waals surface area contributed by atoms with Gasteiger partial charge in [-0.15, -0.1) is 0 Å². The number of hydrogen-bond acceptors (Lipinski definition) is 3. The molecule has 1 N–H and O–H groups in total. The van der Waals surface area contributed by atoms with Crippen LogP contribution < -0.4 is 10.1 Å². The summed E-state index contributed by atoms with van der Waals surface area (Å²) in [6.07, 6.45) is 0. The fourth-order valence-electron chi connectivity index (χ4n) is 1.46. The van der Waals surface area contributed by atoms with Gasteiger partial charge < -0.3 is 14.8 Å². The van der Waals surface area contributed by atoms with Crippen molar-refractivity contribution in [3.05, 3.63) is 29.3 Å². The van der Waals surface area contributed by atoms with Crippen LogP contribution in [0.15, 0.2) is 18.2 Å². The molecule has 0 heterocycles. The standard InChI is InChI=1S/C13H18BrNO3/c1-10-3-4-11(9-12(10)17-2)13(16)15-6-8-18-7-5-14/h3-4,9H,5-8H2,1-2H3,(H,15,16). The van der Waals surface area contributed by atoms with Crippen LogP contribution in [0, 0.1) is 6.92 Å². The zero-order valence-corrected chi connectivity index (χ0v) is 12.2. The van der Waals surface area contributed by atoms with Crippen molar-refractivity contribution in [3.63, 3.8) is 0 Å². The third-order valence-corrected chi connectivity index (χ3v) is 2.75. The van der Waals surface area contributed by atoms with Gasteiger partial charge in [-0.05, 0) is 24.6 Å². The molecule has 0 bridgehead atoms. The van der Waals surface area contributed by atoms with E-state index in [2.05, 4.69) is 21.2 Å². The predicted molar refractivity (Wildman–Crippen MR) is 74.7 cm³/mol. The van der Waals surface area contributed by atoms with E-state index < -0.39 is 0 Å². The Morgan fingerprint density at radius 1 is 1.39 bits per heavy atom. The zero-order valence-electron chi connectivity index (χ0n) is 10.7. The Morgan fingerprint density at radius 3 is 2.83 bits per heavy atom. The summed E-state index contributed by atoms with van der Waals surface area (Å²) in [7, 11) is 1.60. The van der Waals surface area contributed by atoms with Crippen LogP contribution in [0.4, 0.5) is 0 Å². The molecular weight excluding hydrogens is 298 g/mol. The fourth-order valence-corrected chi connectivity index (χ4v) is 1.69. The van der Waals surface area contributed by atoms with E-state index in [0.29, 0.717) is 25.3 Å². The van der Waals surface area contributed by atoms with Crippen LogP contribution in [0.3, 0.4) is 0 Å². The van der Waals surface area contributed by atoms with Gasteiger partial charge in [-0.25, -0.2) is 0 Å². The van der Waals surface area contributed by atoms with E-state index in [4.69, 9.17) is 9.47 Å². The first-order valence-electron chi connectivity index (χ1n) is 5.75. The van der Waals surface area contributed by atoms with Crippen molar-refractivity contribution in [2.24, 2.45) is 0 Å². The molecule has 0 fully saturated rings. The Labute approximate surface area is 116 Å². The van der Waals surface area contributed by atoms with Crippen molar-refractivity contribution in [2.45, 2.75) is 6.92 Å². The molecule has 0 saturated heterocycles. The number of benzene rings is 1. The van der Waals surface area contributed by atoms with Crippen LogP contribution in [-0.2, 0) is 4.74 Å². The summed E-state index contributed by atoms with van der Waals surface area (Å²) >= 11 is 3.26. The molecule has 0 aliphatic rings. The molecule has 1 rings (SSSR count). The molecule has 100 valence electrons. The number of amides is 1. The monoisotopic (exact) mass is 315 g/mol. The Bertz CT molecular complexity index is 396. The van der Waals surface area contributed by atoms with E-state index in [-0.39, 0.29) is 5.91 Å². The Kier molecular flexibility index (Phi) is 6.75. The van der Waals surface area contributed by atoms with Crippen molar-refractivity contribution in [3.8, 4) is 5.75 Å². The highest BCUT2D eigenvalue weighted by atomic mass is 79.9. The van der Waals surface area contributed by atoms with Crippen molar-refractivity contribution in [2.75, 3.05) is 32.2 Å². The largest absolute Gasteiger partial charge is 0.496 e. The first-order chi connectivity index (χ1) is 8.69. The maximum absolute atomic E-state index is 11.8. The van der Waals surface area contributed by atoms with E-state index >= 15 is 0 Å². The predicted octanol–water partition coefficient (Wildman–Crippen LogP) is 2.14. The summed E-state index contributed by atoms with van der Waals surface area (Å²) in [6, 6.07) is 5.39. The molecule has 0 saturated carbocycles. The number of carbonyl (C=O) groups excluding carboxylic acids is 1. The van der Waals surface area contributed by atoms with E-state index in [1.54, 1.807) is 19.2 Å². The lowest BCUT2D eigenvalue weighted by molar-refractivity contribution is 0.0924. The molecule has 4 nitrogen and oxygen atoms in total. The molecule has 0 spiro atoms. The third kappa shape index (κ3) is 4.66. The summed E-state index contributed by atoms with van der Waals surface area (Å²) in [4.78, 5) is 11.8. The van der Waals surface area contributed by atoms with E-state index in [9.17, 15) is 4.79 Å². The third-order valence-electron chi connectivity index (χ3n) is 2.42. The van der Waals surface area contributed by atoms with Crippen molar-refractivity contribution in [1.82, 2.24) is 5.32 Å². The first kappa shape index (κ1) is 15.0. The minimum Gasteiger partial charge on any atom is -0.496 e. The molecule has 0 radical (unpaired) electrons. The van der Waals surface area contributed by atoms with Crippen molar-refractivity contribution in [1.29, 1.82) is 0 Å². The maximum atomic E-state index is 11.8. The molecule has 0 unspecified atom stereocenters. The van der Waals surface area contributed by atoms with Gasteiger partial charge in [-0.1, -0.05) is 22.0 Å². The Hall–Kier alpha value is -1.07. The fraction of sp³-hybridized carbons (Fsp3) is 0.462. The van der Waals surface area contributed by atoms with E-state index in [1.807, 2.05) is 13.0 Å². The lowest BCUT2D eigenvalue weighted by Gasteiger charge is -2.08. The highest BCUT2D eigenvalue weighted by Gasteiger charge is 2.07. The normalized spacial score (nSPS) is 10.2. The molecule has 0 aliphatic carbocycles. The summed E-state index contributed by atoms with van der Waals surface area (Å²) in [5.74, 6) is 0.605. The van der Waals surface area contributed by atoms with Crippen LogP contribution in [0.25, 0.3) is 0 Å². The second kappa shape index (κ2) is 8.11. The Morgan fingerprint density at radius 2 is 2.17 bits per heavy atom. The molecule has 0 aliphatic heterocycles. The van der Waals surface area contributed by atoms with Gasteiger partial charge in [-0.3, -0.25) is 4.79 Å². The Balaban J connectivity index is 2.46. The zero-order chi connectivity index (χ0) is 13.4. The quantitative estimate of drug-likeness (QED) is 0.619. The molecular formula is C13H18BrNO3. The first-order valence-corrected chi connectivity index (χ1v) is 6.87. The molecule has 5 heteroatoms. The number of aryl methyl sites for hydroxylation is 1. The highest BCUT2D eigenvalue weighted by molar-refractivity contribution is 9.09. The lowest BCUT2D eigenvalue weighted by Crippen LogP contribution is -2.27. The molecule has 1 aromatic rings. The average molecular weight is 316 g/mol. The molecule has 18 heavy (non-hydrogen) atoms. The molecule has 0 atom stereocenters. The SMILES string of the molecule is COc1cc(C(=O)NCCOCCBr)ccc1C. The maximum Gasteiger partial charge on any atom is 0.251 e. The topological polar surface area (TPSA) is 47.6 Å². The average Bonchev–Trinajstić information content (AvgIpc) is 2.38. The smallest absolute Gasteiger partial charge is 0.251 e. The van der Waals surface area contributed by atoms with Gasteiger partial charge in [0.2, 0.25) is 0 Å². The molecule has 1 amide bonds. The van der Waals surface area contributed by atoms with Crippen LogP contribution in [0.1, 0.15) is 15.9 Å². The second-order valence-corrected chi connectivity index (χ2v) is 4.53. The van der Waals surface area contributed by atoms with Crippen LogP contribution >= 0.6 is 15.9 Å². The number of alkyl halides is 1.